The Balaban J connectivity index is 1.94. The molecule has 0 spiro atoms. The first-order valence-corrected chi connectivity index (χ1v) is 7.96. The van der Waals surface area contributed by atoms with Gasteiger partial charge in [0.15, 0.2) is 5.78 Å². The molecule has 4 nitrogen and oxygen atoms in total. The van der Waals surface area contributed by atoms with Crippen molar-refractivity contribution >= 4 is 17.7 Å². The number of hydrogen-bond donors (Lipinski definition) is 0. The molecule has 2 aromatic rings. The second-order valence-electron chi connectivity index (χ2n) is 5.46. The topological polar surface area (TPSA) is 41.9 Å². The third-order valence-corrected chi connectivity index (χ3v) is 3.58. The molecule has 4 heteroatoms. The van der Waals surface area contributed by atoms with E-state index in [4.69, 9.17) is 4.74 Å². The van der Waals surface area contributed by atoms with Gasteiger partial charge in [0.05, 0.1) is 12.8 Å². The number of ketones is 1. The third-order valence-electron chi connectivity index (χ3n) is 3.58. The summed E-state index contributed by atoms with van der Waals surface area (Å²) in [6.45, 7) is 1.92. The molecule has 0 N–H and O–H groups in total. The van der Waals surface area contributed by atoms with Crippen molar-refractivity contribution in [2.75, 3.05) is 19.2 Å². The Labute approximate surface area is 148 Å². The summed E-state index contributed by atoms with van der Waals surface area (Å²) < 4.78 is 5.09. The average Bonchev–Trinajstić information content (AvgIpc) is 2.66. The maximum atomic E-state index is 12.1. The van der Waals surface area contributed by atoms with Crippen molar-refractivity contribution < 1.29 is 9.53 Å². The first kappa shape index (κ1) is 18.2. The summed E-state index contributed by atoms with van der Waals surface area (Å²) in [6.07, 6.45) is 6.91. The summed E-state index contributed by atoms with van der Waals surface area (Å²) in [4.78, 5) is 12.1. The van der Waals surface area contributed by atoms with Gasteiger partial charge in [-0.2, -0.15) is 5.10 Å². The summed E-state index contributed by atoms with van der Waals surface area (Å²) in [6, 6.07) is 16.9. The minimum absolute atomic E-state index is 0.0475. The predicted molar refractivity (Wildman–Crippen MR) is 104 cm³/mol. The Hall–Kier alpha value is -3.14. The van der Waals surface area contributed by atoms with Gasteiger partial charge in [-0.1, -0.05) is 24.3 Å². The maximum Gasteiger partial charge on any atom is 0.185 e. The van der Waals surface area contributed by atoms with Crippen molar-refractivity contribution in [3.63, 3.8) is 0 Å². The highest BCUT2D eigenvalue weighted by molar-refractivity contribution is 6.04. The van der Waals surface area contributed by atoms with Crippen LogP contribution < -0.4 is 9.75 Å². The van der Waals surface area contributed by atoms with Crippen LogP contribution in [-0.2, 0) is 0 Å². The highest BCUT2D eigenvalue weighted by atomic mass is 16.5. The number of methoxy groups -OCH3 is 1. The van der Waals surface area contributed by atoms with Crippen molar-refractivity contribution in [3.05, 3.63) is 84.0 Å². The molecule has 0 radical (unpaired) electrons. The van der Waals surface area contributed by atoms with Gasteiger partial charge in [-0.05, 0) is 61.0 Å². The lowest BCUT2D eigenvalue weighted by Crippen LogP contribution is -2.07. The van der Waals surface area contributed by atoms with Gasteiger partial charge in [0.2, 0.25) is 0 Å². The number of hydrogen-bond acceptors (Lipinski definition) is 4. The number of carbonyl (C=O) groups is 1. The Morgan fingerprint density at radius 1 is 1.04 bits per heavy atom. The van der Waals surface area contributed by atoms with Crippen molar-refractivity contribution in [2.24, 2.45) is 5.10 Å². The standard InChI is InChI=1S/C21H22N2O2/c1-17(15-16-22-23(2)19-7-5-4-6-8-19)9-14-21(24)18-10-12-20(25-3)13-11-18/h4-16H,1-3H3/b14-9+,17-15+,22-16+. The van der Waals surface area contributed by atoms with Gasteiger partial charge >= 0.3 is 0 Å². The van der Waals surface area contributed by atoms with Gasteiger partial charge in [-0.3, -0.25) is 9.80 Å². The predicted octanol–water partition coefficient (Wildman–Crippen LogP) is 4.50. The molecule has 0 saturated heterocycles. The molecule has 0 aliphatic rings. The maximum absolute atomic E-state index is 12.1. The van der Waals surface area contributed by atoms with Gasteiger partial charge in [-0.25, -0.2) is 0 Å². The number of para-hydroxylation sites is 1. The number of allylic oxidation sites excluding steroid dienone is 4. The number of ether oxygens (including phenoxy) is 1. The lowest BCUT2D eigenvalue weighted by atomic mass is 10.1. The fourth-order valence-corrected chi connectivity index (χ4v) is 2.08. The highest BCUT2D eigenvalue weighted by Gasteiger charge is 2.01. The zero-order valence-electron chi connectivity index (χ0n) is 14.7. The van der Waals surface area contributed by atoms with E-state index in [0.717, 1.165) is 17.0 Å². The van der Waals surface area contributed by atoms with Gasteiger partial charge in [0.25, 0.3) is 0 Å². The number of anilines is 1. The van der Waals surface area contributed by atoms with Crippen molar-refractivity contribution in [1.82, 2.24) is 0 Å². The molecule has 0 saturated carbocycles. The van der Waals surface area contributed by atoms with Gasteiger partial charge in [0, 0.05) is 18.8 Å². The molecule has 128 valence electrons. The summed E-state index contributed by atoms with van der Waals surface area (Å²) in [7, 11) is 3.49. The van der Waals surface area contributed by atoms with Crippen LogP contribution in [0.15, 0.2) is 83.5 Å². The molecule has 0 aliphatic heterocycles. The molecule has 0 aromatic heterocycles. The highest BCUT2D eigenvalue weighted by Crippen LogP contribution is 2.12. The van der Waals surface area contributed by atoms with Gasteiger partial charge < -0.3 is 4.74 Å². The van der Waals surface area contributed by atoms with Crippen LogP contribution in [0.5, 0.6) is 5.75 Å². The van der Waals surface area contributed by atoms with Gasteiger partial charge in [0.1, 0.15) is 5.75 Å². The van der Waals surface area contributed by atoms with Crippen LogP contribution in [0.4, 0.5) is 5.69 Å². The number of benzene rings is 2. The molecule has 2 rings (SSSR count). The van der Waals surface area contributed by atoms with E-state index >= 15 is 0 Å². The van der Waals surface area contributed by atoms with Crippen LogP contribution in [0, 0.1) is 0 Å². The summed E-state index contributed by atoms with van der Waals surface area (Å²) in [5.41, 5.74) is 2.57. The fourth-order valence-electron chi connectivity index (χ4n) is 2.08. The van der Waals surface area contributed by atoms with Crippen LogP contribution in [0.2, 0.25) is 0 Å². The normalized spacial score (nSPS) is 11.9. The first-order valence-electron chi connectivity index (χ1n) is 7.96. The second-order valence-corrected chi connectivity index (χ2v) is 5.46. The van der Waals surface area contributed by atoms with E-state index in [1.807, 2.05) is 50.4 Å². The van der Waals surface area contributed by atoms with Crippen LogP contribution >= 0.6 is 0 Å². The van der Waals surface area contributed by atoms with E-state index in [9.17, 15) is 4.79 Å². The zero-order chi connectivity index (χ0) is 18.1. The quantitative estimate of drug-likeness (QED) is 0.246. The Morgan fingerprint density at radius 2 is 1.72 bits per heavy atom. The van der Waals surface area contributed by atoms with Gasteiger partial charge in [-0.15, -0.1) is 0 Å². The number of carbonyl (C=O) groups excluding carboxylic acids is 1. The van der Waals surface area contributed by atoms with E-state index in [1.54, 1.807) is 54.8 Å². The van der Waals surface area contributed by atoms with E-state index in [1.165, 1.54) is 0 Å². The molecule has 0 bridgehead atoms. The Morgan fingerprint density at radius 3 is 2.36 bits per heavy atom. The summed E-state index contributed by atoms with van der Waals surface area (Å²) >= 11 is 0. The monoisotopic (exact) mass is 334 g/mol. The Kier molecular flexibility index (Phi) is 6.72. The van der Waals surface area contributed by atoms with E-state index in [2.05, 4.69) is 5.10 Å². The van der Waals surface area contributed by atoms with Crippen molar-refractivity contribution in [3.8, 4) is 5.75 Å². The first-order chi connectivity index (χ1) is 12.1. The molecular formula is C21H22N2O2. The lowest BCUT2D eigenvalue weighted by molar-refractivity contribution is 0.104. The molecule has 2 aromatic carbocycles. The molecule has 0 atom stereocenters. The molecular weight excluding hydrogens is 312 g/mol. The smallest absolute Gasteiger partial charge is 0.185 e. The zero-order valence-corrected chi connectivity index (χ0v) is 14.7. The van der Waals surface area contributed by atoms with Crippen molar-refractivity contribution in [2.45, 2.75) is 6.92 Å². The average molecular weight is 334 g/mol. The molecule has 0 heterocycles. The van der Waals surface area contributed by atoms with E-state index < -0.39 is 0 Å². The third kappa shape index (κ3) is 5.77. The van der Waals surface area contributed by atoms with Crippen LogP contribution in [0.3, 0.4) is 0 Å². The molecule has 0 aliphatic carbocycles. The van der Waals surface area contributed by atoms with E-state index in [0.29, 0.717) is 5.56 Å². The molecule has 0 unspecified atom stereocenters. The second kappa shape index (κ2) is 9.23. The fraction of sp³-hybridized carbons (Fsp3) is 0.143. The lowest BCUT2D eigenvalue weighted by Gasteiger charge is -2.11. The van der Waals surface area contributed by atoms with Crippen LogP contribution in [0.1, 0.15) is 17.3 Å². The molecule has 0 fully saturated rings. The Bertz CT molecular complexity index is 775. The van der Waals surface area contributed by atoms with Crippen LogP contribution in [0.25, 0.3) is 0 Å². The molecule has 25 heavy (non-hydrogen) atoms. The number of rotatable bonds is 7. The van der Waals surface area contributed by atoms with E-state index in [-0.39, 0.29) is 5.78 Å². The minimum Gasteiger partial charge on any atom is -0.497 e. The minimum atomic E-state index is -0.0475. The summed E-state index contributed by atoms with van der Waals surface area (Å²) in [5.74, 6) is 0.684. The SMILES string of the molecule is COc1ccc(C(=O)/C=C/C(C)=C/C=N/N(C)c2ccccc2)cc1. The summed E-state index contributed by atoms with van der Waals surface area (Å²) in [5, 5.41) is 6.13. The number of nitrogens with zero attached hydrogens (tertiary/aromatic N) is 2. The van der Waals surface area contributed by atoms with Crippen molar-refractivity contribution in [1.29, 1.82) is 0 Å². The molecule has 0 amide bonds. The van der Waals surface area contributed by atoms with Crippen LogP contribution in [-0.4, -0.2) is 26.2 Å². The number of hydrazone groups is 1. The largest absolute Gasteiger partial charge is 0.497 e.